The Balaban J connectivity index is 1.88. The molecule has 162 valence electrons. The summed E-state index contributed by atoms with van der Waals surface area (Å²) in [5.41, 5.74) is 6.07. The molecule has 1 aliphatic carbocycles. The maximum Gasteiger partial charge on any atom is 0.328 e. The normalized spacial score (nSPS) is 23.1. The SMILES string of the molecule is C=CCC1(c2ccc3c(c2)C(C)(C)CCC3(C)C)COc2ccc(/C=C/C(=O)O)cc21. The molecule has 0 fully saturated rings. The molecule has 1 atom stereocenters. The third-order valence-corrected chi connectivity index (χ3v) is 7.31. The molecule has 0 bridgehead atoms. The van der Waals surface area contributed by atoms with Gasteiger partial charge in [0.15, 0.2) is 0 Å². The highest BCUT2D eigenvalue weighted by molar-refractivity contribution is 5.85. The molecule has 31 heavy (non-hydrogen) atoms. The van der Waals surface area contributed by atoms with Gasteiger partial charge in [-0.15, -0.1) is 6.58 Å². The van der Waals surface area contributed by atoms with Crippen LogP contribution in [0.15, 0.2) is 55.1 Å². The minimum atomic E-state index is -0.950. The summed E-state index contributed by atoms with van der Waals surface area (Å²) in [6.45, 7) is 14.0. The van der Waals surface area contributed by atoms with Gasteiger partial charge in [0.05, 0.1) is 5.41 Å². The van der Waals surface area contributed by atoms with E-state index in [1.807, 2.05) is 18.2 Å². The predicted molar refractivity (Wildman–Crippen MR) is 126 cm³/mol. The number of carboxylic acids is 1. The van der Waals surface area contributed by atoms with Gasteiger partial charge in [-0.1, -0.05) is 58.0 Å². The lowest BCUT2D eigenvalue weighted by Gasteiger charge is -2.43. The Labute approximate surface area is 185 Å². The largest absolute Gasteiger partial charge is 0.492 e. The Morgan fingerprint density at radius 1 is 1.03 bits per heavy atom. The van der Waals surface area contributed by atoms with E-state index in [2.05, 4.69) is 58.5 Å². The van der Waals surface area contributed by atoms with Crippen LogP contribution in [-0.4, -0.2) is 17.7 Å². The van der Waals surface area contributed by atoms with E-state index in [9.17, 15) is 4.79 Å². The molecule has 0 saturated carbocycles. The predicted octanol–water partition coefficient (Wildman–Crippen LogP) is 6.39. The minimum Gasteiger partial charge on any atom is -0.492 e. The van der Waals surface area contributed by atoms with Crippen molar-refractivity contribution in [3.63, 3.8) is 0 Å². The molecule has 3 heteroatoms. The van der Waals surface area contributed by atoms with Gasteiger partial charge in [-0.25, -0.2) is 4.79 Å². The first-order valence-electron chi connectivity index (χ1n) is 11.0. The van der Waals surface area contributed by atoms with E-state index in [1.54, 1.807) is 6.08 Å². The van der Waals surface area contributed by atoms with E-state index in [0.29, 0.717) is 6.61 Å². The Bertz CT molecular complexity index is 1070. The van der Waals surface area contributed by atoms with Crippen molar-refractivity contribution in [1.29, 1.82) is 0 Å². The van der Waals surface area contributed by atoms with E-state index in [-0.39, 0.29) is 16.2 Å². The Morgan fingerprint density at radius 3 is 2.42 bits per heavy atom. The van der Waals surface area contributed by atoms with Gasteiger partial charge in [-0.05, 0) is 70.6 Å². The van der Waals surface area contributed by atoms with Crippen molar-refractivity contribution in [2.75, 3.05) is 6.61 Å². The standard InChI is InChI=1S/C28H32O3/c1-6-13-28(18-31-24-11-7-19(16-23(24)28)8-12-25(29)30)20-9-10-21-22(17-20)27(4,5)15-14-26(21,2)3/h6-12,16-17H,1,13-15,18H2,2-5H3,(H,29,30)/b12-8+. The first-order valence-corrected chi connectivity index (χ1v) is 11.0. The highest BCUT2D eigenvalue weighted by atomic mass is 16.5. The van der Waals surface area contributed by atoms with Gasteiger partial charge in [0.2, 0.25) is 0 Å². The Hall–Kier alpha value is -2.81. The number of carboxylic acid groups (broad SMARTS) is 1. The molecule has 1 N–H and O–H groups in total. The second-order valence-corrected chi connectivity index (χ2v) is 10.3. The van der Waals surface area contributed by atoms with Crippen molar-refractivity contribution in [1.82, 2.24) is 0 Å². The van der Waals surface area contributed by atoms with Crippen molar-refractivity contribution in [3.8, 4) is 5.75 Å². The third kappa shape index (κ3) is 3.60. The molecule has 4 rings (SSSR count). The molecular weight excluding hydrogens is 384 g/mol. The summed E-state index contributed by atoms with van der Waals surface area (Å²) in [5, 5.41) is 9.01. The molecule has 0 aromatic heterocycles. The van der Waals surface area contributed by atoms with Crippen molar-refractivity contribution in [2.24, 2.45) is 0 Å². The van der Waals surface area contributed by atoms with Crippen molar-refractivity contribution in [2.45, 2.75) is 63.2 Å². The van der Waals surface area contributed by atoms with E-state index >= 15 is 0 Å². The molecule has 2 aliphatic rings. The summed E-state index contributed by atoms with van der Waals surface area (Å²) in [5.74, 6) is -0.0831. The molecule has 0 saturated heterocycles. The highest BCUT2D eigenvalue weighted by Gasteiger charge is 2.44. The van der Waals surface area contributed by atoms with Crippen LogP contribution in [0.1, 0.15) is 74.8 Å². The van der Waals surface area contributed by atoms with Crippen LogP contribution in [0.4, 0.5) is 0 Å². The zero-order valence-corrected chi connectivity index (χ0v) is 19.0. The Kier molecular flexibility index (Phi) is 5.12. The first kappa shape index (κ1) is 21.4. The summed E-state index contributed by atoms with van der Waals surface area (Å²) in [7, 11) is 0. The van der Waals surface area contributed by atoms with Gasteiger partial charge < -0.3 is 9.84 Å². The third-order valence-electron chi connectivity index (χ3n) is 7.31. The molecular formula is C28H32O3. The fourth-order valence-electron chi connectivity index (χ4n) is 5.26. The number of allylic oxidation sites excluding steroid dienone is 1. The molecule has 3 nitrogen and oxygen atoms in total. The first-order chi connectivity index (χ1) is 14.6. The number of benzene rings is 2. The van der Waals surface area contributed by atoms with Crippen LogP contribution in [0.5, 0.6) is 5.75 Å². The highest BCUT2D eigenvalue weighted by Crippen LogP contribution is 2.50. The molecule has 0 radical (unpaired) electrons. The van der Waals surface area contributed by atoms with E-state index in [0.717, 1.165) is 23.3 Å². The van der Waals surface area contributed by atoms with Crippen LogP contribution in [0.3, 0.4) is 0 Å². The van der Waals surface area contributed by atoms with Crippen molar-refractivity contribution in [3.05, 3.63) is 82.9 Å². The van der Waals surface area contributed by atoms with Crippen molar-refractivity contribution < 1.29 is 14.6 Å². The van der Waals surface area contributed by atoms with E-state index < -0.39 is 5.97 Å². The number of aliphatic carboxylic acids is 1. The molecule has 1 aliphatic heterocycles. The van der Waals surface area contributed by atoms with Crippen LogP contribution in [0, 0.1) is 0 Å². The van der Waals surface area contributed by atoms with E-state index in [4.69, 9.17) is 9.84 Å². The molecule has 2 aromatic carbocycles. The zero-order chi connectivity index (χ0) is 22.4. The maximum atomic E-state index is 11.0. The number of carbonyl (C=O) groups is 1. The number of hydrogen-bond acceptors (Lipinski definition) is 2. The molecule has 0 spiro atoms. The average molecular weight is 417 g/mol. The summed E-state index contributed by atoms with van der Waals surface area (Å²) < 4.78 is 6.15. The fraction of sp³-hybridized carbons (Fsp3) is 0.393. The number of ether oxygens (including phenoxy) is 1. The van der Waals surface area contributed by atoms with Gasteiger partial charge in [-0.2, -0.15) is 0 Å². The second-order valence-electron chi connectivity index (χ2n) is 10.3. The van der Waals surface area contributed by atoms with Gasteiger partial charge in [-0.3, -0.25) is 0 Å². The molecule has 0 amide bonds. The van der Waals surface area contributed by atoms with Crippen LogP contribution in [0.25, 0.3) is 6.08 Å². The van der Waals surface area contributed by atoms with Gasteiger partial charge >= 0.3 is 5.97 Å². The summed E-state index contributed by atoms with van der Waals surface area (Å²) >= 11 is 0. The zero-order valence-electron chi connectivity index (χ0n) is 19.0. The number of hydrogen-bond donors (Lipinski definition) is 1. The summed E-state index contributed by atoms with van der Waals surface area (Å²) in [6.07, 6.45) is 7.90. The van der Waals surface area contributed by atoms with Crippen molar-refractivity contribution >= 4 is 12.0 Å². The van der Waals surface area contributed by atoms with Crippen LogP contribution in [0.2, 0.25) is 0 Å². The number of fused-ring (bicyclic) bond motifs is 2. The lowest BCUT2D eigenvalue weighted by Crippen LogP contribution is -2.35. The van der Waals surface area contributed by atoms with Crippen LogP contribution >= 0.6 is 0 Å². The lowest BCUT2D eigenvalue weighted by atomic mass is 9.61. The van der Waals surface area contributed by atoms with E-state index in [1.165, 1.54) is 35.6 Å². The quantitative estimate of drug-likeness (QED) is 0.454. The lowest BCUT2D eigenvalue weighted by molar-refractivity contribution is -0.131. The van der Waals surface area contributed by atoms with Gasteiger partial charge in [0.25, 0.3) is 0 Å². The molecule has 1 unspecified atom stereocenters. The number of rotatable bonds is 5. The average Bonchev–Trinajstić information content (AvgIpc) is 3.09. The molecule has 2 aromatic rings. The monoisotopic (exact) mass is 416 g/mol. The van der Waals surface area contributed by atoms with Crippen LogP contribution < -0.4 is 4.74 Å². The summed E-state index contributed by atoms with van der Waals surface area (Å²) in [6, 6.07) is 12.9. The maximum absolute atomic E-state index is 11.0. The molecule has 1 heterocycles. The van der Waals surface area contributed by atoms with Crippen LogP contribution in [-0.2, 0) is 21.0 Å². The van der Waals surface area contributed by atoms with Gasteiger partial charge in [0, 0.05) is 11.6 Å². The fourth-order valence-corrected chi connectivity index (χ4v) is 5.26. The van der Waals surface area contributed by atoms with Gasteiger partial charge in [0.1, 0.15) is 12.4 Å². The smallest absolute Gasteiger partial charge is 0.328 e. The second kappa shape index (κ2) is 7.40. The topological polar surface area (TPSA) is 46.5 Å². The minimum absolute atomic E-state index is 0.130. The summed E-state index contributed by atoms with van der Waals surface area (Å²) in [4.78, 5) is 11.0. The Morgan fingerprint density at radius 2 is 1.74 bits per heavy atom.